The second-order valence-corrected chi connectivity index (χ2v) is 2.30. The molecule has 14 heavy (non-hydrogen) atoms. The second kappa shape index (κ2) is 3.91. The van der Waals surface area contributed by atoms with E-state index in [2.05, 4.69) is 14.5 Å². The number of ether oxygens (including phenoxy) is 2. The molecule has 1 aromatic heterocycles. The average molecular weight is 203 g/mol. The van der Waals surface area contributed by atoms with Crippen LogP contribution in [0.2, 0.25) is 0 Å². The van der Waals surface area contributed by atoms with Crippen LogP contribution in [0.4, 0.5) is 10.1 Å². The minimum absolute atomic E-state index is 0.271. The Morgan fingerprint density at radius 1 is 1.79 bits per heavy atom. The SMILES string of the molecule is [2H]C([2H])([2H])Oc1ncc(N)c(C(=O)OC)c1F. The standard InChI is InChI=1S/C8H9FN2O3/c1-13-7-6(9)5(8(12)14-2)4(10)3-11-7/h3H,10H2,1-2H3/i1D3. The predicted octanol–water partition coefficient (Wildman–Crippen LogP) is 0.598. The van der Waals surface area contributed by atoms with Gasteiger partial charge in [-0.05, 0) is 0 Å². The van der Waals surface area contributed by atoms with E-state index in [1.54, 1.807) is 0 Å². The number of rotatable bonds is 2. The quantitative estimate of drug-likeness (QED) is 0.712. The smallest absolute Gasteiger partial charge is 0.343 e. The van der Waals surface area contributed by atoms with E-state index < -0.39 is 30.3 Å². The molecule has 6 heteroatoms. The van der Waals surface area contributed by atoms with E-state index in [1.165, 1.54) is 0 Å². The molecule has 2 N–H and O–H groups in total. The summed E-state index contributed by atoms with van der Waals surface area (Å²) in [6, 6.07) is 0. The normalized spacial score (nSPS) is 13.7. The Bertz CT molecular complexity index is 450. The van der Waals surface area contributed by atoms with Crippen molar-refractivity contribution >= 4 is 11.7 Å². The van der Waals surface area contributed by atoms with Crippen molar-refractivity contribution < 1.29 is 22.8 Å². The molecule has 0 saturated heterocycles. The lowest BCUT2D eigenvalue weighted by atomic mass is 10.2. The van der Waals surface area contributed by atoms with Crippen molar-refractivity contribution in [3.8, 4) is 5.88 Å². The molecule has 0 saturated carbocycles. The number of carbonyl (C=O) groups is 1. The molecule has 1 heterocycles. The van der Waals surface area contributed by atoms with Crippen LogP contribution in [0.25, 0.3) is 0 Å². The molecule has 0 aliphatic rings. The fourth-order valence-corrected chi connectivity index (χ4v) is 0.864. The van der Waals surface area contributed by atoms with Crippen molar-refractivity contribution in [3.05, 3.63) is 17.6 Å². The maximum atomic E-state index is 13.7. The summed E-state index contributed by atoms with van der Waals surface area (Å²) in [6.45, 7) is 0. The molecule has 76 valence electrons. The monoisotopic (exact) mass is 203 g/mol. The Balaban J connectivity index is 3.24. The topological polar surface area (TPSA) is 74.4 Å². The summed E-state index contributed by atoms with van der Waals surface area (Å²) >= 11 is 0. The largest absolute Gasteiger partial charge is 0.479 e. The lowest BCUT2D eigenvalue weighted by Crippen LogP contribution is -2.10. The van der Waals surface area contributed by atoms with Crippen LogP contribution in [-0.4, -0.2) is 25.1 Å². The van der Waals surface area contributed by atoms with E-state index >= 15 is 0 Å². The van der Waals surface area contributed by atoms with Crippen LogP contribution in [0.3, 0.4) is 0 Å². The van der Waals surface area contributed by atoms with E-state index in [1.807, 2.05) is 0 Å². The van der Waals surface area contributed by atoms with Gasteiger partial charge in [0, 0.05) is 0 Å². The molecule has 0 atom stereocenters. The number of hydrogen-bond acceptors (Lipinski definition) is 5. The molecular formula is C8H9FN2O3. The Hall–Kier alpha value is -1.85. The zero-order valence-electron chi connectivity index (χ0n) is 10.2. The number of hydrogen-bond donors (Lipinski definition) is 1. The first kappa shape index (κ1) is 6.58. The summed E-state index contributed by atoms with van der Waals surface area (Å²) in [5.41, 5.74) is 4.45. The minimum Gasteiger partial charge on any atom is -0.479 e. The van der Waals surface area contributed by atoms with E-state index in [4.69, 9.17) is 9.85 Å². The van der Waals surface area contributed by atoms with Crippen molar-refractivity contribution in [3.63, 3.8) is 0 Å². The highest BCUT2D eigenvalue weighted by Gasteiger charge is 2.20. The number of halogens is 1. The van der Waals surface area contributed by atoms with Gasteiger partial charge in [-0.3, -0.25) is 0 Å². The number of nitrogens with zero attached hydrogens (tertiary/aromatic N) is 1. The first-order valence-electron chi connectivity index (χ1n) is 4.97. The van der Waals surface area contributed by atoms with Crippen LogP contribution in [-0.2, 0) is 4.74 Å². The van der Waals surface area contributed by atoms with Crippen molar-refractivity contribution in [1.82, 2.24) is 4.98 Å². The third-order valence-corrected chi connectivity index (χ3v) is 1.50. The molecular weight excluding hydrogens is 191 g/mol. The summed E-state index contributed by atoms with van der Waals surface area (Å²) in [4.78, 5) is 14.6. The Morgan fingerprint density at radius 3 is 3.07 bits per heavy atom. The van der Waals surface area contributed by atoms with Crippen molar-refractivity contribution in [1.29, 1.82) is 0 Å². The third-order valence-electron chi connectivity index (χ3n) is 1.50. The molecule has 0 spiro atoms. The number of methoxy groups -OCH3 is 2. The number of esters is 1. The number of pyridine rings is 1. The van der Waals surface area contributed by atoms with E-state index in [0.29, 0.717) is 0 Å². The zero-order valence-corrected chi connectivity index (χ0v) is 7.20. The second-order valence-electron chi connectivity index (χ2n) is 2.30. The highest BCUT2D eigenvalue weighted by atomic mass is 19.1. The molecule has 0 fully saturated rings. The van der Waals surface area contributed by atoms with Crippen molar-refractivity contribution in [2.75, 3.05) is 19.9 Å². The van der Waals surface area contributed by atoms with Crippen LogP contribution >= 0.6 is 0 Å². The van der Waals surface area contributed by atoms with Crippen LogP contribution < -0.4 is 10.5 Å². The molecule has 0 amide bonds. The molecule has 0 aromatic carbocycles. The minimum atomic E-state index is -2.88. The van der Waals surface area contributed by atoms with Gasteiger partial charge in [0.05, 0.1) is 30.1 Å². The molecule has 0 radical (unpaired) electrons. The van der Waals surface area contributed by atoms with Gasteiger partial charge in [-0.25, -0.2) is 9.78 Å². The molecule has 0 unspecified atom stereocenters. The van der Waals surface area contributed by atoms with Gasteiger partial charge in [-0.2, -0.15) is 4.39 Å². The van der Waals surface area contributed by atoms with Crippen LogP contribution in [0.1, 0.15) is 14.5 Å². The van der Waals surface area contributed by atoms with Crippen molar-refractivity contribution in [2.24, 2.45) is 0 Å². The number of aromatic nitrogens is 1. The fraction of sp³-hybridized carbons (Fsp3) is 0.250. The third kappa shape index (κ3) is 1.59. The van der Waals surface area contributed by atoms with Gasteiger partial charge in [-0.15, -0.1) is 0 Å². The maximum absolute atomic E-state index is 13.7. The number of anilines is 1. The van der Waals surface area contributed by atoms with Crippen molar-refractivity contribution in [2.45, 2.75) is 0 Å². The van der Waals surface area contributed by atoms with Gasteiger partial charge in [-0.1, -0.05) is 0 Å². The highest BCUT2D eigenvalue weighted by Crippen LogP contribution is 2.22. The van der Waals surface area contributed by atoms with E-state index in [0.717, 1.165) is 13.3 Å². The van der Waals surface area contributed by atoms with Crippen LogP contribution in [0.5, 0.6) is 5.88 Å². The summed E-state index contributed by atoms with van der Waals surface area (Å²) in [5, 5.41) is 0. The first-order valence-corrected chi connectivity index (χ1v) is 3.47. The van der Waals surface area contributed by atoms with Gasteiger partial charge >= 0.3 is 5.97 Å². The average Bonchev–Trinajstić information content (AvgIpc) is 2.20. The van der Waals surface area contributed by atoms with Gasteiger partial charge < -0.3 is 15.2 Å². The summed E-state index contributed by atoms with van der Waals surface area (Å²) in [5.74, 6) is -3.15. The zero-order chi connectivity index (χ0) is 13.2. The van der Waals surface area contributed by atoms with E-state index in [-0.39, 0.29) is 5.69 Å². The van der Waals surface area contributed by atoms with Gasteiger partial charge in [0.15, 0.2) is 0 Å². The molecule has 0 aliphatic heterocycles. The number of carbonyl (C=O) groups excluding carboxylic acids is 1. The maximum Gasteiger partial charge on any atom is 0.343 e. The molecule has 5 nitrogen and oxygen atoms in total. The molecule has 0 aliphatic carbocycles. The number of nitrogens with two attached hydrogens (primary N) is 1. The predicted molar refractivity (Wildman–Crippen MR) is 46.5 cm³/mol. The Morgan fingerprint density at radius 2 is 2.50 bits per heavy atom. The lowest BCUT2D eigenvalue weighted by Gasteiger charge is -2.07. The highest BCUT2D eigenvalue weighted by molar-refractivity contribution is 5.95. The van der Waals surface area contributed by atoms with Crippen LogP contribution in [0.15, 0.2) is 6.20 Å². The first-order chi connectivity index (χ1) is 7.76. The van der Waals surface area contributed by atoms with Gasteiger partial charge in [0.2, 0.25) is 5.82 Å². The molecule has 1 rings (SSSR count). The Labute approximate surface area is 83.9 Å². The van der Waals surface area contributed by atoms with E-state index in [9.17, 15) is 9.18 Å². The van der Waals surface area contributed by atoms with Gasteiger partial charge in [0.1, 0.15) is 5.56 Å². The summed E-state index contributed by atoms with van der Waals surface area (Å²) < 4.78 is 42.7. The Kier molecular flexibility index (Phi) is 1.84. The molecule has 0 bridgehead atoms. The van der Waals surface area contributed by atoms with Crippen LogP contribution in [0, 0.1) is 5.82 Å². The van der Waals surface area contributed by atoms with Gasteiger partial charge in [0.25, 0.3) is 5.88 Å². The molecule has 1 aromatic rings. The fourth-order valence-electron chi connectivity index (χ4n) is 0.864. The summed E-state index contributed by atoms with van der Waals surface area (Å²) in [6.07, 6.45) is 0.913. The lowest BCUT2D eigenvalue weighted by molar-refractivity contribution is 0.0595. The number of nitrogen functional groups attached to an aromatic ring is 1. The summed E-state index contributed by atoms with van der Waals surface area (Å²) in [7, 11) is -1.84.